The lowest BCUT2D eigenvalue weighted by molar-refractivity contribution is -0.139. The largest absolute Gasteiger partial charge is 0.456 e. The predicted octanol–water partition coefficient (Wildman–Crippen LogP) is 3.22. The smallest absolute Gasteiger partial charge is 0.331 e. The summed E-state index contributed by atoms with van der Waals surface area (Å²) in [6, 6.07) is 0. The number of hydrogen-bond acceptors (Lipinski definition) is 7. The van der Waals surface area contributed by atoms with Gasteiger partial charge in [0.2, 0.25) is 5.91 Å². The van der Waals surface area contributed by atoms with E-state index in [0.717, 1.165) is 4.96 Å². The molecule has 0 fully saturated rings. The predicted molar refractivity (Wildman–Crippen MR) is 93.3 cm³/mol. The number of esters is 1. The Kier molecular flexibility index (Phi) is 4.93. The van der Waals surface area contributed by atoms with E-state index in [-0.39, 0.29) is 12.5 Å². The fourth-order valence-corrected chi connectivity index (χ4v) is 3.59. The van der Waals surface area contributed by atoms with E-state index in [1.807, 2.05) is 11.6 Å². The minimum Gasteiger partial charge on any atom is -0.456 e. The first-order valence-corrected chi connectivity index (χ1v) is 8.84. The summed E-state index contributed by atoms with van der Waals surface area (Å²) in [6.45, 7) is 1.42. The molecule has 0 atom stereocenters. The molecule has 0 aliphatic carbocycles. The first-order valence-electron chi connectivity index (χ1n) is 6.71. The van der Waals surface area contributed by atoms with Crippen LogP contribution in [0, 0.1) is 0 Å². The van der Waals surface area contributed by atoms with E-state index in [0.29, 0.717) is 21.7 Å². The highest BCUT2D eigenvalue weighted by Gasteiger charge is 2.09. The summed E-state index contributed by atoms with van der Waals surface area (Å²) in [5, 5.41) is 6.95. The minimum absolute atomic E-state index is 0.0211. The van der Waals surface area contributed by atoms with Gasteiger partial charge in [0.05, 0.1) is 11.4 Å². The van der Waals surface area contributed by atoms with Crippen LogP contribution in [0.2, 0.25) is 5.15 Å². The minimum atomic E-state index is -0.523. The van der Waals surface area contributed by atoms with Crippen molar-refractivity contribution < 1.29 is 14.3 Å². The van der Waals surface area contributed by atoms with Crippen LogP contribution in [-0.4, -0.2) is 26.2 Å². The highest BCUT2D eigenvalue weighted by Crippen LogP contribution is 2.22. The summed E-state index contributed by atoms with van der Waals surface area (Å²) in [5.41, 5.74) is 1.18. The molecule has 3 heterocycles. The molecule has 1 N–H and O–H groups in total. The number of fused-ring (bicyclic) bond motifs is 1. The Bertz CT molecular complexity index is 928. The molecule has 0 aliphatic rings. The molecule has 124 valence electrons. The van der Waals surface area contributed by atoms with Crippen LogP contribution in [0.4, 0.5) is 5.13 Å². The topological polar surface area (TPSA) is 85.6 Å². The number of hydrogen-bond donors (Lipinski definition) is 1. The van der Waals surface area contributed by atoms with E-state index in [4.69, 9.17) is 16.3 Å². The second kappa shape index (κ2) is 7.12. The fourth-order valence-electron chi connectivity index (χ4n) is 1.85. The molecule has 0 saturated carbocycles. The van der Waals surface area contributed by atoms with E-state index < -0.39 is 5.97 Å². The van der Waals surface area contributed by atoms with Gasteiger partial charge in [-0.1, -0.05) is 11.6 Å². The zero-order valence-electron chi connectivity index (χ0n) is 12.4. The maximum atomic E-state index is 11.8. The quantitative estimate of drug-likeness (QED) is 0.541. The first-order chi connectivity index (χ1) is 11.5. The van der Waals surface area contributed by atoms with Gasteiger partial charge in [0.15, 0.2) is 15.2 Å². The van der Waals surface area contributed by atoms with Gasteiger partial charge in [-0.15, -0.1) is 22.7 Å². The van der Waals surface area contributed by atoms with Crippen molar-refractivity contribution in [3.05, 3.63) is 39.6 Å². The molecule has 0 spiro atoms. The van der Waals surface area contributed by atoms with Crippen molar-refractivity contribution in [2.75, 3.05) is 5.32 Å². The van der Waals surface area contributed by atoms with Crippen LogP contribution >= 0.6 is 34.3 Å². The second-order valence-electron chi connectivity index (χ2n) is 4.61. The number of thiazole rings is 2. The molecular formula is C14H11ClN4O3S2. The molecule has 0 unspecified atom stereocenters. The van der Waals surface area contributed by atoms with E-state index in [1.165, 1.54) is 35.7 Å². The third-order valence-electron chi connectivity index (χ3n) is 2.83. The lowest BCUT2D eigenvalue weighted by Crippen LogP contribution is -2.06. The van der Waals surface area contributed by atoms with Crippen LogP contribution in [0.15, 0.2) is 23.0 Å². The highest BCUT2D eigenvalue weighted by molar-refractivity contribution is 7.15. The van der Waals surface area contributed by atoms with Crippen molar-refractivity contribution in [1.82, 2.24) is 14.4 Å². The average Bonchev–Trinajstić information content (AvgIpc) is 3.20. The van der Waals surface area contributed by atoms with Crippen LogP contribution in [-0.2, 0) is 20.9 Å². The Labute approximate surface area is 149 Å². The molecule has 0 aromatic carbocycles. The summed E-state index contributed by atoms with van der Waals surface area (Å²) < 4.78 is 6.90. The number of halogens is 1. The molecule has 24 heavy (non-hydrogen) atoms. The number of carbonyl (C=O) groups is 2. The van der Waals surface area contributed by atoms with Gasteiger partial charge in [-0.2, -0.15) is 0 Å². The zero-order valence-corrected chi connectivity index (χ0v) is 14.7. The van der Waals surface area contributed by atoms with Crippen molar-refractivity contribution in [3.8, 4) is 0 Å². The van der Waals surface area contributed by atoms with Gasteiger partial charge >= 0.3 is 5.97 Å². The first kappa shape index (κ1) is 16.6. The van der Waals surface area contributed by atoms with Crippen molar-refractivity contribution in [2.45, 2.75) is 13.5 Å². The normalized spacial score (nSPS) is 11.2. The second-order valence-corrected chi connectivity index (χ2v) is 6.70. The van der Waals surface area contributed by atoms with Gasteiger partial charge in [0.1, 0.15) is 6.61 Å². The van der Waals surface area contributed by atoms with Crippen LogP contribution in [0.5, 0.6) is 0 Å². The molecular weight excluding hydrogens is 372 g/mol. The van der Waals surface area contributed by atoms with Gasteiger partial charge in [-0.05, 0) is 6.08 Å². The number of nitrogens with zero attached hydrogens (tertiary/aromatic N) is 3. The Morgan fingerprint density at radius 1 is 1.42 bits per heavy atom. The molecule has 1 amide bonds. The number of carbonyl (C=O) groups excluding carboxylic acids is 2. The summed E-state index contributed by atoms with van der Waals surface area (Å²) in [5.74, 6) is -0.724. The third kappa shape index (κ3) is 3.81. The van der Waals surface area contributed by atoms with Crippen molar-refractivity contribution in [1.29, 1.82) is 0 Å². The Balaban J connectivity index is 1.59. The summed E-state index contributed by atoms with van der Waals surface area (Å²) in [4.78, 5) is 31.8. The van der Waals surface area contributed by atoms with Gasteiger partial charge in [0.25, 0.3) is 0 Å². The van der Waals surface area contributed by atoms with E-state index in [1.54, 1.807) is 15.9 Å². The SMILES string of the molecule is CC(=O)Nc1nc(COC(=O)/C=C/c2c(Cl)nc3sccn23)cs1. The molecule has 3 rings (SSSR count). The highest BCUT2D eigenvalue weighted by atomic mass is 35.5. The third-order valence-corrected chi connectivity index (χ3v) is 4.67. The van der Waals surface area contributed by atoms with Gasteiger partial charge in [-0.25, -0.2) is 14.8 Å². The molecule has 7 nitrogen and oxygen atoms in total. The lowest BCUT2D eigenvalue weighted by atomic mass is 10.4. The molecule has 0 saturated heterocycles. The van der Waals surface area contributed by atoms with E-state index >= 15 is 0 Å². The fraction of sp³-hybridized carbons (Fsp3) is 0.143. The molecule has 3 aromatic rings. The molecule has 0 aliphatic heterocycles. The standard InChI is InChI=1S/C14H11ClN4O3S2/c1-8(20)16-13-17-9(7-24-13)6-22-11(21)3-2-10-12(15)18-14-19(10)4-5-23-14/h2-5,7H,6H2,1H3,(H,16,17,20)/b3-2+. The van der Waals surface area contributed by atoms with Crippen molar-refractivity contribution in [3.63, 3.8) is 0 Å². The number of anilines is 1. The zero-order chi connectivity index (χ0) is 17.1. The maximum absolute atomic E-state index is 11.8. The van der Waals surface area contributed by atoms with Crippen LogP contribution in [0.1, 0.15) is 18.3 Å². The molecule has 0 radical (unpaired) electrons. The molecule has 0 bridgehead atoms. The lowest BCUT2D eigenvalue weighted by Gasteiger charge is -1.98. The van der Waals surface area contributed by atoms with Gasteiger partial charge in [-0.3, -0.25) is 9.20 Å². The van der Waals surface area contributed by atoms with Gasteiger partial charge in [0, 0.05) is 30.0 Å². The van der Waals surface area contributed by atoms with Crippen LogP contribution in [0.25, 0.3) is 11.0 Å². The van der Waals surface area contributed by atoms with Crippen molar-refractivity contribution in [2.24, 2.45) is 0 Å². The number of nitrogens with one attached hydrogen (secondary N) is 1. The summed E-state index contributed by atoms with van der Waals surface area (Å²) in [7, 11) is 0. The van der Waals surface area contributed by atoms with Crippen molar-refractivity contribution >= 4 is 62.3 Å². The monoisotopic (exact) mass is 382 g/mol. The molecule has 3 aromatic heterocycles. The number of rotatable bonds is 5. The van der Waals surface area contributed by atoms with Gasteiger partial charge < -0.3 is 10.1 Å². The van der Waals surface area contributed by atoms with E-state index in [2.05, 4.69) is 15.3 Å². The molecule has 10 heteroatoms. The van der Waals surface area contributed by atoms with Crippen LogP contribution < -0.4 is 5.32 Å². The number of ether oxygens (including phenoxy) is 1. The van der Waals surface area contributed by atoms with E-state index in [9.17, 15) is 9.59 Å². The summed E-state index contributed by atoms with van der Waals surface area (Å²) >= 11 is 8.75. The maximum Gasteiger partial charge on any atom is 0.331 e. The number of aromatic nitrogens is 3. The summed E-state index contributed by atoms with van der Waals surface area (Å²) in [6.07, 6.45) is 4.66. The number of amides is 1. The Morgan fingerprint density at radius 2 is 2.25 bits per heavy atom. The number of imidazole rings is 1. The average molecular weight is 383 g/mol. The van der Waals surface area contributed by atoms with Crippen LogP contribution in [0.3, 0.4) is 0 Å². The Morgan fingerprint density at radius 3 is 3.04 bits per heavy atom. The Hall–Kier alpha value is -2.23.